The lowest BCUT2D eigenvalue weighted by Crippen LogP contribution is -2.50. The molecule has 0 bridgehead atoms. The van der Waals surface area contributed by atoms with Crippen LogP contribution in [0.2, 0.25) is 0 Å². The molecular formula is C25H28N2O4. The molecule has 2 fully saturated rings. The minimum atomic E-state index is -0.768. The van der Waals surface area contributed by atoms with Crippen LogP contribution in [0.3, 0.4) is 0 Å². The highest BCUT2D eigenvalue weighted by Gasteiger charge is 2.47. The molecule has 1 heterocycles. The van der Waals surface area contributed by atoms with Crippen molar-refractivity contribution in [3.8, 4) is 5.75 Å². The Morgan fingerprint density at radius 3 is 2.29 bits per heavy atom. The van der Waals surface area contributed by atoms with Gasteiger partial charge in [0.25, 0.3) is 11.8 Å². The summed E-state index contributed by atoms with van der Waals surface area (Å²) >= 11 is 0. The molecule has 6 heteroatoms. The van der Waals surface area contributed by atoms with Crippen molar-refractivity contribution in [3.05, 3.63) is 59.7 Å². The molecule has 3 amide bonds. The number of anilines is 1. The number of aryl methyl sites for hydroxylation is 1. The molecule has 0 N–H and O–H groups in total. The highest BCUT2D eigenvalue weighted by Crippen LogP contribution is 2.33. The van der Waals surface area contributed by atoms with E-state index in [-0.39, 0.29) is 30.2 Å². The number of hydrogen-bond acceptors (Lipinski definition) is 4. The normalized spacial score (nSPS) is 19.2. The van der Waals surface area contributed by atoms with Gasteiger partial charge in [0, 0.05) is 11.6 Å². The second-order valence-corrected chi connectivity index (χ2v) is 8.23. The maximum Gasteiger partial charge on any atom is 0.257 e. The van der Waals surface area contributed by atoms with E-state index in [2.05, 4.69) is 0 Å². The molecule has 162 valence electrons. The summed E-state index contributed by atoms with van der Waals surface area (Å²) in [6.45, 7) is 4.41. The minimum Gasteiger partial charge on any atom is -0.494 e. The first-order valence-corrected chi connectivity index (χ1v) is 11.0. The van der Waals surface area contributed by atoms with E-state index in [9.17, 15) is 14.4 Å². The van der Waals surface area contributed by atoms with E-state index in [0.717, 1.165) is 31.2 Å². The molecule has 4 rings (SSSR count). The standard InChI is InChI=1S/C25H28N2O4/c1-3-31-21-14-12-20(13-15-21)27-23(28)16-22(25(27)30)26(19-6-4-5-7-19)24(29)18-10-8-17(2)9-11-18/h8-15,19,22H,3-7,16H2,1-2H3. The van der Waals surface area contributed by atoms with Crippen LogP contribution in [-0.2, 0) is 9.59 Å². The Labute approximate surface area is 182 Å². The number of imide groups is 1. The zero-order valence-electron chi connectivity index (χ0n) is 18.0. The molecule has 0 spiro atoms. The third-order valence-electron chi connectivity index (χ3n) is 6.12. The summed E-state index contributed by atoms with van der Waals surface area (Å²) in [5, 5.41) is 0. The molecule has 1 unspecified atom stereocenters. The largest absolute Gasteiger partial charge is 0.494 e. The molecule has 2 aromatic rings. The summed E-state index contributed by atoms with van der Waals surface area (Å²) in [4.78, 5) is 42.6. The predicted molar refractivity (Wildman–Crippen MR) is 118 cm³/mol. The fourth-order valence-corrected chi connectivity index (χ4v) is 4.55. The van der Waals surface area contributed by atoms with E-state index in [1.807, 2.05) is 26.0 Å². The first-order chi connectivity index (χ1) is 15.0. The number of carbonyl (C=O) groups excluding carboxylic acids is 3. The van der Waals surface area contributed by atoms with Gasteiger partial charge >= 0.3 is 0 Å². The van der Waals surface area contributed by atoms with Crippen LogP contribution >= 0.6 is 0 Å². The van der Waals surface area contributed by atoms with Gasteiger partial charge in [-0.2, -0.15) is 0 Å². The van der Waals surface area contributed by atoms with Crippen LogP contribution in [0.5, 0.6) is 5.75 Å². The van der Waals surface area contributed by atoms with Crippen LogP contribution in [0.1, 0.15) is 54.9 Å². The smallest absolute Gasteiger partial charge is 0.257 e. The number of amides is 3. The van der Waals surface area contributed by atoms with Crippen LogP contribution in [-0.4, -0.2) is 41.3 Å². The molecule has 0 aromatic heterocycles. The van der Waals surface area contributed by atoms with Gasteiger partial charge in [0.2, 0.25) is 5.91 Å². The van der Waals surface area contributed by atoms with E-state index in [1.54, 1.807) is 41.3 Å². The Hall–Kier alpha value is -3.15. The monoisotopic (exact) mass is 420 g/mol. The highest BCUT2D eigenvalue weighted by atomic mass is 16.5. The van der Waals surface area contributed by atoms with Gasteiger partial charge in [-0.15, -0.1) is 0 Å². The maximum absolute atomic E-state index is 13.5. The van der Waals surface area contributed by atoms with Crippen LogP contribution < -0.4 is 9.64 Å². The van der Waals surface area contributed by atoms with Crippen LogP contribution in [0, 0.1) is 6.92 Å². The Bertz CT molecular complexity index is 962. The van der Waals surface area contributed by atoms with Crippen LogP contribution in [0.25, 0.3) is 0 Å². The number of nitrogens with zero attached hydrogens (tertiary/aromatic N) is 2. The molecule has 1 saturated carbocycles. The zero-order chi connectivity index (χ0) is 22.0. The molecule has 1 aliphatic heterocycles. The zero-order valence-corrected chi connectivity index (χ0v) is 18.0. The van der Waals surface area contributed by atoms with Crippen LogP contribution in [0.4, 0.5) is 5.69 Å². The summed E-state index contributed by atoms with van der Waals surface area (Å²) in [5.74, 6) is -0.101. The van der Waals surface area contributed by atoms with E-state index < -0.39 is 6.04 Å². The lowest BCUT2D eigenvalue weighted by Gasteiger charge is -2.33. The molecule has 6 nitrogen and oxygen atoms in total. The quantitative estimate of drug-likeness (QED) is 0.660. The van der Waals surface area contributed by atoms with Crippen molar-refractivity contribution >= 4 is 23.4 Å². The molecule has 2 aliphatic rings. The molecule has 1 saturated heterocycles. The van der Waals surface area contributed by atoms with E-state index in [4.69, 9.17) is 4.74 Å². The van der Waals surface area contributed by atoms with Gasteiger partial charge in [0.15, 0.2) is 0 Å². The first-order valence-electron chi connectivity index (χ1n) is 11.0. The average molecular weight is 421 g/mol. The van der Waals surface area contributed by atoms with E-state index >= 15 is 0 Å². The number of carbonyl (C=O) groups is 3. The van der Waals surface area contributed by atoms with Crippen molar-refractivity contribution in [3.63, 3.8) is 0 Å². The Kier molecular flexibility index (Phi) is 6.07. The van der Waals surface area contributed by atoms with Gasteiger partial charge in [-0.05, 0) is 63.1 Å². The van der Waals surface area contributed by atoms with E-state index in [0.29, 0.717) is 23.6 Å². The Balaban J connectivity index is 1.62. The molecule has 1 aliphatic carbocycles. The highest BCUT2D eigenvalue weighted by molar-refractivity contribution is 6.23. The fraction of sp³-hybridized carbons (Fsp3) is 0.400. The van der Waals surface area contributed by atoms with Gasteiger partial charge in [0.05, 0.1) is 18.7 Å². The third-order valence-corrected chi connectivity index (χ3v) is 6.12. The number of benzene rings is 2. The van der Waals surface area contributed by atoms with Crippen molar-refractivity contribution in [2.45, 2.75) is 58.0 Å². The van der Waals surface area contributed by atoms with Crippen molar-refractivity contribution in [2.75, 3.05) is 11.5 Å². The van der Waals surface area contributed by atoms with Crippen molar-refractivity contribution in [2.24, 2.45) is 0 Å². The predicted octanol–water partition coefficient (Wildman–Crippen LogP) is 4.11. The van der Waals surface area contributed by atoms with Gasteiger partial charge in [-0.1, -0.05) is 30.5 Å². The number of ether oxygens (including phenoxy) is 1. The second kappa shape index (κ2) is 8.92. The second-order valence-electron chi connectivity index (χ2n) is 8.23. The lowest BCUT2D eigenvalue weighted by atomic mass is 10.0. The summed E-state index contributed by atoms with van der Waals surface area (Å²) in [6, 6.07) is 13.5. The van der Waals surface area contributed by atoms with E-state index in [1.165, 1.54) is 4.90 Å². The van der Waals surface area contributed by atoms with Gasteiger partial charge < -0.3 is 9.64 Å². The summed E-state index contributed by atoms with van der Waals surface area (Å²) in [7, 11) is 0. The molecular weight excluding hydrogens is 392 g/mol. The van der Waals surface area contributed by atoms with Crippen molar-refractivity contribution in [1.82, 2.24) is 4.90 Å². The van der Waals surface area contributed by atoms with Crippen LogP contribution in [0.15, 0.2) is 48.5 Å². The summed E-state index contributed by atoms with van der Waals surface area (Å²) in [5.41, 5.74) is 2.13. The van der Waals surface area contributed by atoms with Gasteiger partial charge in [0.1, 0.15) is 11.8 Å². The Morgan fingerprint density at radius 2 is 1.68 bits per heavy atom. The minimum absolute atomic E-state index is 0.0140. The first kappa shape index (κ1) is 21.1. The molecule has 2 aromatic carbocycles. The summed E-state index contributed by atoms with van der Waals surface area (Å²) < 4.78 is 5.45. The number of rotatable bonds is 6. The Morgan fingerprint density at radius 1 is 1.03 bits per heavy atom. The maximum atomic E-state index is 13.5. The topological polar surface area (TPSA) is 66.9 Å². The molecule has 1 atom stereocenters. The lowest BCUT2D eigenvalue weighted by molar-refractivity contribution is -0.123. The third kappa shape index (κ3) is 4.20. The average Bonchev–Trinajstić information content (AvgIpc) is 3.39. The van der Waals surface area contributed by atoms with Gasteiger partial charge in [-0.25, -0.2) is 4.90 Å². The van der Waals surface area contributed by atoms with Gasteiger partial charge in [-0.3, -0.25) is 14.4 Å². The fourth-order valence-electron chi connectivity index (χ4n) is 4.55. The molecule has 31 heavy (non-hydrogen) atoms. The SMILES string of the molecule is CCOc1ccc(N2C(=O)CC(N(C(=O)c3ccc(C)cc3)C3CCCC3)C2=O)cc1. The van der Waals surface area contributed by atoms with Crippen molar-refractivity contribution < 1.29 is 19.1 Å². The number of hydrogen-bond donors (Lipinski definition) is 0. The van der Waals surface area contributed by atoms with Crippen molar-refractivity contribution in [1.29, 1.82) is 0 Å². The molecule has 0 radical (unpaired) electrons. The summed E-state index contributed by atoms with van der Waals surface area (Å²) in [6.07, 6.45) is 3.79.